The van der Waals surface area contributed by atoms with Gasteiger partial charge in [-0.3, -0.25) is 0 Å². The molecular weight excluding hydrogens is 246 g/mol. The molecule has 2 fully saturated rings. The Morgan fingerprint density at radius 3 is 2.25 bits per heavy atom. The Morgan fingerprint density at radius 1 is 1.05 bits per heavy atom. The Kier molecular flexibility index (Phi) is 4.80. The first-order valence-corrected chi connectivity index (χ1v) is 8.56. The summed E-state index contributed by atoms with van der Waals surface area (Å²) in [6.07, 6.45) is 9.05. The molecule has 2 heteroatoms. The molecule has 2 unspecified atom stereocenters. The van der Waals surface area contributed by atoms with Crippen LogP contribution in [0.1, 0.15) is 78.6 Å². The molecule has 0 saturated heterocycles. The Hall–Kier alpha value is -0.550. The zero-order chi connectivity index (χ0) is 14.8. The van der Waals surface area contributed by atoms with E-state index >= 15 is 0 Å². The van der Waals surface area contributed by atoms with Crippen LogP contribution in [0.3, 0.4) is 0 Å². The van der Waals surface area contributed by atoms with E-state index in [9.17, 15) is 10.4 Å². The van der Waals surface area contributed by atoms with Crippen molar-refractivity contribution in [3.63, 3.8) is 0 Å². The van der Waals surface area contributed by atoms with Crippen molar-refractivity contribution < 1.29 is 5.11 Å². The third-order valence-electron chi connectivity index (χ3n) is 6.27. The van der Waals surface area contributed by atoms with E-state index in [1.807, 2.05) is 0 Å². The molecule has 2 aliphatic carbocycles. The fraction of sp³-hybridized carbons (Fsp3) is 0.944. The van der Waals surface area contributed by atoms with Crippen molar-refractivity contribution in [1.29, 1.82) is 5.26 Å². The number of nitriles is 1. The van der Waals surface area contributed by atoms with Gasteiger partial charge in [-0.05, 0) is 62.7 Å². The van der Waals surface area contributed by atoms with E-state index in [0.29, 0.717) is 11.8 Å². The average molecular weight is 277 g/mol. The first kappa shape index (κ1) is 15.8. The Labute approximate surface area is 124 Å². The minimum Gasteiger partial charge on any atom is -0.388 e. The van der Waals surface area contributed by atoms with Crippen molar-refractivity contribution >= 4 is 0 Å². The predicted octanol–water partition coefficient (Wildman–Crippen LogP) is 4.67. The van der Waals surface area contributed by atoms with E-state index < -0.39 is 11.0 Å². The van der Waals surface area contributed by atoms with Gasteiger partial charge in [0.15, 0.2) is 0 Å². The highest BCUT2D eigenvalue weighted by atomic mass is 16.3. The summed E-state index contributed by atoms with van der Waals surface area (Å²) in [5.74, 6) is 2.14. The summed E-state index contributed by atoms with van der Waals surface area (Å²) < 4.78 is 0. The third kappa shape index (κ3) is 2.89. The molecule has 2 saturated carbocycles. The molecule has 2 aliphatic rings. The Morgan fingerprint density at radius 2 is 1.70 bits per heavy atom. The van der Waals surface area contributed by atoms with Crippen molar-refractivity contribution in [3.8, 4) is 6.07 Å². The fourth-order valence-corrected chi connectivity index (χ4v) is 4.43. The summed E-state index contributed by atoms with van der Waals surface area (Å²) in [6, 6.07) is 2.57. The molecule has 2 atom stereocenters. The van der Waals surface area contributed by atoms with Gasteiger partial charge in [0.1, 0.15) is 0 Å². The monoisotopic (exact) mass is 277 g/mol. The van der Waals surface area contributed by atoms with Crippen molar-refractivity contribution in [2.24, 2.45) is 23.2 Å². The smallest absolute Gasteiger partial charge is 0.0860 e. The van der Waals surface area contributed by atoms with Gasteiger partial charge in [0, 0.05) is 0 Å². The summed E-state index contributed by atoms with van der Waals surface area (Å²) in [5, 5.41) is 21.1. The Bertz CT molecular complexity index is 362. The highest BCUT2D eigenvalue weighted by molar-refractivity contribution is 5.13. The maximum atomic E-state index is 11.3. The molecule has 0 amide bonds. The van der Waals surface area contributed by atoms with Crippen LogP contribution in [-0.4, -0.2) is 10.7 Å². The number of rotatable bonds is 2. The summed E-state index contributed by atoms with van der Waals surface area (Å²) >= 11 is 0. The lowest BCUT2D eigenvalue weighted by Gasteiger charge is -2.46. The SMILES string of the molecule is CC1CCC(C#N)(C2(O)CCCC(C(C)C)CC2)CC1. The first-order valence-electron chi connectivity index (χ1n) is 8.56. The molecule has 0 aromatic carbocycles. The lowest BCUT2D eigenvalue weighted by atomic mass is 9.60. The van der Waals surface area contributed by atoms with Crippen molar-refractivity contribution in [3.05, 3.63) is 0 Å². The van der Waals surface area contributed by atoms with E-state index in [1.165, 1.54) is 6.42 Å². The molecule has 2 rings (SSSR count). The van der Waals surface area contributed by atoms with E-state index in [-0.39, 0.29) is 0 Å². The lowest BCUT2D eigenvalue weighted by molar-refractivity contribution is -0.0885. The molecule has 0 radical (unpaired) electrons. The van der Waals surface area contributed by atoms with E-state index in [2.05, 4.69) is 26.8 Å². The molecule has 0 bridgehead atoms. The van der Waals surface area contributed by atoms with Gasteiger partial charge in [-0.15, -0.1) is 0 Å². The Balaban J connectivity index is 2.14. The lowest BCUT2D eigenvalue weighted by Crippen LogP contribution is -2.49. The van der Waals surface area contributed by atoms with Crippen LogP contribution in [0.4, 0.5) is 0 Å². The minimum atomic E-state index is -0.731. The topological polar surface area (TPSA) is 44.0 Å². The van der Waals surface area contributed by atoms with Crippen LogP contribution in [0, 0.1) is 34.5 Å². The summed E-state index contributed by atoms with van der Waals surface area (Å²) in [6.45, 7) is 6.85. The molecule has 0 aromatic rings. The van der Waals surface area contributed by atoms with Gasteiger partial charge in [-0.2, -0.15) is 5.26 Å². The highest BCUT2D eigenvalue weighted by Crippen LogP contribution is 2.52. The molecule has 0 aromatic heterocycles. The summed E-state index contributed by atoms with van der Waals surface area (Å²) in [4.78, 5) is 0. The fourth-order valence-electron chi connectivity index (χ4n) is 4.43. The number of hydrogen-bond donors (Lipinski definition) is 1. The normalized spacial score (nSPS) is 43.0. The molecular formula is C18H31NO. The third-order valence-corrected chi connectivity index (χ3v) is 6.27. The molecule has 0 heterocycles. The van der Waals surface area contributed by atoms with Gasteiger partial charge in [0.25, 0.3) is 0 Å². The second kappa shape index (κ2) is 6.06. The van der Waals surface area contributed by atoms with Gasteiger partial charge in [0.2, 0.25) is 0 Å². The molecule has 0 aliphatic heterocycles. The molecule has 0 spiro atoms. The van der Waals surface area contributed by atoms with Crippen LogP contribution < -0.4 is 0 Å². The second-order valence-corrected chi connectivity index (χ2v) is 7.84. The number of hydrogen-bond acceptors (Lipinski definition) is 2. The van der Waals surface area contributed by atoms with Crippen LogP contribution in [0.2, 0.25) is 0 Å². The van der Waals surface area contributed by atoms with Gasteiger partial charge in [0.05, 0.1) is 17.1 Å². The average Bonchev–Trinajstić information content (AvgIpc) is 2.63. The number of nitrogens with zero attached hydrogens (tertiary/aromatic N) is 1. The molecule has 20 heavy (non-hydrogen) atoms. The number of aliphatic hydroxyl groups is 1. The van der Waals surface area contributed by atoms with Crippen molar-refractivity contribution in [1.82, 2.24) is 0 Å². The van der Waals surface area contributed by atoms with Crippen molar-refractivity contribution in [2.45, 2.75) is 84.2 Å². The minimum absolute atomic E-state index is 0.467. The van der Waals surface area contributed by atoms with Gasteiger partial charge < -0.3 is 5.11 Å². The van der Waals surface area contributed by atoms with Gasteiger partial charge >= 0.3 is 0 Å². The maximum absolute atomic E-state index is 11.3. The standard InChI is InChI=1S/C18H31NO/c1-14(2)16-5-4-9-18(20,12-8-16)17(13-19)10-6-15(3)7-11-17/h14-16,20H,4-12H2,1-3H3. The predicted molar refractivity (Wildman–Crippen MR) is 82.0 cm³/mol. The summed E-state index contributed by atoms with van der Waals surface area (Å²) in [7, 11) is 0. The maximum Gasteiger partial charge on any atom is 0.0860 e. The highest BCUT2D eigenvalue weighted by Gasteiger charge is 2.52. The van der Waals surface area contributed by atoms with E-state index in [1.54, 1.807) is 0 Å². The zero-order valence-electron chi connectivity index (χ0n) is 13.5. The molecule has 114 valence electrons. The van der Waals surface area contributed by atoms with Crippen LogP contribution >= 0.6 is 0 Å². The quantitative estimate of drug-likeness (QED) is 0.745. The van der Waals surface area contributed by atoms with E-state index in [4.69, 9.17) is 0 Å². The largest absolute Gasteiger partial charge is 0.388 e. The zero-order valence-corrected chi connectivity index (χ0v) is 13.5. The van der Waals surface area contributed by atoms with Crippen LogP contribution in [0.5, 0.6) is 0 Å². The van der Waals surface area contributed by atoms with Gasteiger partial charge in [-0.1, -0.05) is 33.6 Å². The van der Waals surface area contributed by atoms with Crippen LogP contribution in [0.25, 0.3) is 0 Å². The van der Waals surface area contributed by atoms with Crippen LogP contribution in [0.15, 0.2) is 0 Å². The molecule has 1 N–H and O–H groups in total. The first-order chi connectivity index (χ1) is 9.42. The molecule has 2 nitrogen and oxygen atoms in total. The summed E-state index contributed by atoms with van der Waals surface area (Å²) in [5.41, 5.74) is -1.20. The van der Waals surface area contributed by atoms with Gasteiger partial charge in [-0.25, -0.2) is 0 Å². The van der Waals surface area contributed by atoms with Crippen molar-refractivity contribution in [2.75, 3.05) is 0 Å². The second-order valence-electron chi connectivity index (χ2n) is 7.84. The van der Waals surface area contributed by atoms with E-state index in [0.717, 1.165) is 57.3 Å². The van der Waals surface area contributed by atoms with Crippen LogP contribution in [-0.2, 0) is 0 Å².